The number of allylic oxidation sites excluding steroid dienone is 1. The third-order valence-corrected chi connectivity index (χ3v) is 5.88. The summed E-state index contributed by atoms with van der Waals surface area (Å²) in [5.74, 6) is -0.849. The van der Waals surface area contributed by atoms with Crippen molar-refractivity contribution in [3.05, 3.63) is 99.1 Å². The largest absolute Gasteiger partial charge is 0.479 e. The smallest absolute Gasteiger partial charge is 0.352 e. The number of carbonyl (C=O) groups excluding carboxylic acids is 1. The molecule has 0 aromatic heterocycles. The number of carbonyl (C=O) groups is 1. The maximum Gasteiger partial charge on any atom is 0.352 e. The summed E-state index contributed by atoms with van der Waals surface area (Å²) in [7, 11) is 0. The van der Waals surface area contributed by atoms with Crippen molar-refractivity contribution in [1.29, 1.82) is 5.26 Å². The van der Waals surface area contributed by atoms with Crippen molar-refractivity contribution in [2.45, 2.75) is 18.9 Å². The van der Waals surface area contributed by atoms with Crippen LogP contribution < -0.4 is 19.9 Å². The molecule has 2 unspecified atom stereocenters. The van der Waals surface area contributed by atoms with E-state index in [0.717, 1.165) is 0 Å². The Labute approximate surface area is 204 Å². The van der Waals surface area contributed by atoms with Gasteiger partial charge in [-0.2, -0.15) is 5.26 Å². The van der Waals surface area contributed by atoms with Gasteiger partial charge in [-0.3, -0.25) is 0 Å². The quantitative estimate of drug-likeness (QED) is 0.356. The molecule has 0 amide bonds. The van der Waals surface area contributed by atoms with Crippen LogP contribution in [0.1, 0.15) is 24.0 Å². The van der Waals surface area contributed by atoms with E-state index in [2.05, 4.69) is 6.07 Å². The summed E-state index contributed by atoms with van der Waals surface area (Å²) in [5, 5.41) is 10.4. The van der Waals surface area contributed by atoms with Crippen molar-refractivity contribution < 1.29 is 23.4 Å². The summed E-state index contributed by atoms with van der Waals surface area (Å²) in [6.45, 7) is 1.51. The van der Waals surface area contributed by atoms with E-state index in [0.29, 0.717) is 32.7 Å². The Bertz CT molecular complexity index is 1340. The average molecular weight is 499 g/mol. The van der Waals surface area contributed by atoms with E-state index in [1.165, 1.54) is 37.3 Å². The summed E-state index contributed by atoms with van der Waals surface area (Å²) in [6.07, 6.45) is -0.957. The number of fused-ring (bicyclic) bond motifs is 1. The van der Waals surface area contributed by atoms with E-state index in [4.69, 9.17) is 43.1 Å². The van der Waals surface area contributed by atoms with Crippen LogP contribution in [-0.4, -0.2) is 12.1 Å². The highest BCUT2D eigenvalue weighted by Crippen LogP contribution is 2.44. The molecular weight excluding hydrogens is 482 g/mol. The van der Waals surface area contributed by atoms with Crippen LogP contribution in [0.25, 0.3) is 0 Å². The van der Waals surface area contributed by atoms with Crippen molar-refractivity contribution >= 4 is 29.2 Å². The van der Waals surface area contributed by atoms with Gasteiger partial charge in [-0.15, -0.1) is 0 Å². The van der Waals surface area contributed by atoms with Gasteiger partial charge in [0.15, 0.2) is 6.10 Å². The molecule has 3 aromatic rings. The topological polar surface area (TPSA) is 94.6 Å². The molecule has 9 heteroatoms. The van der Waals surface area contributed by atoms with Crippen molar-refractivity contribution in [2.24, 2.45) is 5.73 Å². The summed E-state index contributed by atoms with van der Waals surface area (Å²) in [4.78, 5) is 12.5. The van der Waals surface area contributed by atoms with Gasteiger partial charge in [0.1, 0.15) is 34.7 Å². The number of nitrogens with zero attached hydrogens (tertiary/aromatic N) is 1. The minimum Gasteiger partial charge on any atom is -0.479 e. The SMILES string of the molecule is CC(Oc1ccc(F)cc1)C(=O)Oc1ccc2c(c1)OC(N)=C(C#N)C2c1ccc(Cl)c(Cl)c1. The van der Waals surface area contributed by atoms with Crippen LogP contribution in [0.3, 0.4) is 0 Å². The summed E-state index contributed by atoms with van der Waals surface area (Å²) in [6, 6.07) is 17.2. The highest BCUT2D eigenvalue weighted by atomic mass is 35.5. The number of rotatable bonds is 5. The van der Waals surface area contributed by atoms with Gasteiger partial charge in [0.25, 0.3) is 0 Å². The van der Waals surface area contributed by atoms with Crippen LogP contribution in [-0.2, 0) is 4.79 Å². The Morgan fingerprint density at radius 1 is 1.09 bits per heavy atom. The molecule has 6 nitrogen and oxygen atoms in total. The second-order valence-corrected chi connectivity index (χ2v) is 8.25. The van der Waals surface area contributed by atoms with E-state index in [1.807, 2.05) is 0 Å². The van der Waals surface area contributed by atoms with Crippen LogP contribution in [0.4, 0.5) is 4.39 Å². The van der Waals surface area contributed by atoms with Gasteiger partial charge < -0.3 is 19.9 Å². The lowest BCUT2D eigenvalue weighted by Crippen LogP contribution is -2.28. The maximum atomic E-state index is 13.1. The number of nitrogens with two attached hydrogens (primary N) is 1. The van der Waals surface area contributed by atoms with Crippen LogP contribution >= 0.6 is 23.2 Å². The molecule has 172 valence electrons. The Kier molecular flexibility index (Phi) is 6.64. The van der Waals surface area contributed by atoms with E-state index < -0.39 is 23.8 Å². The van der Waals surface area contributed by atoms with Gasteiger partial charge in [-0.25, -0.2) is 9.18 Å². The molecule has 2 N–H and O–H groups in total. The highest BCUT2D eigenvalue weighted by Gasteiger charge is 2.31. The molecule has 1 heterocycles. The lowest BCUT2D eigenvalue weighted by molar-refractivity contribution is -0.141. The third kappa shape index (κ3) is 4.79. The van der Waals surface area contributed by atoms with Crippen LogP contribution in [0.2, 0.25) is 10.0 Å². The molecule has 0 aliphatic carbocycles. The Morgan fingerprint density at radius 2 is 1.79 bits per heavy atom. The van der Waals surface area contributed by atoms with E-state index in [-0.39, 0.29) is 17.2 Å². The van der Waals surface area contributed by atoms with E-state index >= 15 is 0 Å². The van der Waals surface area contributed by atoms with E-state index in [1.54, 1.807) is 30.3 Å². The Morgan fingerprint density at radius 3 is 2.47 bits per heavy atom. The van der Waals surface area contributed by atoms with Crippen molar-refractivity contribution in [2.75, 3.05) is 0 Å². The van der Waals surface area contributed by atoms with Gasteiger partial charge in [0.05, 0.1) is 16.0 Å². The number of halogens is 3. The molecule has 0 fully saturated rings. The molecule has 0 saturated heterocycles. The van der Waals surface area contributed by atoms with Crippen molar-refractivity contribution in [3.63, 3.8) is 0 Å². The summed E-state index contributed by atoms with van der Waals surface area (Å²) >= 11 is 12.2. The first-order valence-corrected chi connectivity index (χ1v) is 10.8. The number of benzene rings is 3. The fourth-order valence-electron chi connectivity index (χ4n) is 3.50. The van der Waals surface area contributed by atoms with Crippen molar-refractivity contribution in [3.8, 4) is 23.3 Å². The predicted octanol–water partition coefficient (Wildman–Crippen LogP) is 5.72. The van der Waals surface area contributed by atoms with E-state index in [9.17, 15) is 14.4 Å². The molecule has 2 atom stereocenters. The zero-order valence-electron chi connectivity index (χ0n) is 17.7. The normalized spacial score (nSPS) is 15.6. The minimum atomic E-state index is -0.957. The second kappa shape index (κ2) is 9.64. The monoisotopic (exact) mass is 498 g/mol. The third-order valence-electron chi connectivity index (χ3n) is 5.14. The van der Waals surface area contributed by atoms with Gasteiger partial charge in [-0.05, 0) is 55.0 Å². The fourth-order valence-corrected chi connectivity index (χ4v) is 3.81. The minimum absolute atomic E-state index is 0.0671. The molecule has 1 aliphatic heterocycles. The second-order valence-electron chi connectivity index (χ2n) is 7.43. The molecule has 0 radical (unpaired) electrons. The molecular formula is C25H17Cl2FN2O4. The summed E-state index contributed by atoms with van der Waals surface area (Å²) in [5.41, 5.74) is 7.57. The average Bonchev–Trinajstić information content (AvgIpc) is 2.81. The number of nitriles is 1. The fraction of sp³-hybridized carbons (Fsp3) is 0.120. The Hall–Kier alpha value is -3.73. The standard InChI is InChI=1S/C25H17Cl2FN2O4/c1-13(32-16-5-3-15(28)4-6-16)25(31)33-17-7-8-18-22(11-17)34-24(30)19(12-29)23(18)14-2-9-20(26)21(27)10-14/h2-11,13,23H,30H2,1H3. The van der Waals surface area contributed by atoms with Crippen molar-refractivity contribution in [1.82, 2.24) is 0 Å². The lowest BCUT2D eigenvalue weighted by Gasteiger charge is -2.27. The first-order valence-electron chi connectivity index (χ1n) is 10.1. The van der Waals surface area contributed by atoms with Gasteiger partial charge in [0.2, 0.25) is 5.88 Å². The molecule has 0 saturated carbocycles. The van der Waals surface area contributed by atoms with Gasteiger partial charge >= 0.3 is 5.97 Å². The number of esters is 1. The molecule has 4 rings (SSSR count). The number of ether oxygens (including phenoxy) is 3. The predicted molar refractivity (Wildman–Crippen MR) is 124 cm³/mol. The van der Waals surface area contributed by atoms with Crippen LogP contribution in [0.15, 0.2) is 72.1 Å². The van der Waals surface area contributed by atoms with Crippen LogP contribution in [0, 0.1) is 17.1 Å². The molecule has 1 aliphatic rings. The number of hydrogen-bond acceptors (Lipinski definition) is 6. The lowest BCUT2D eigenvalue weighted by atomic mass is 9.83. The molecule has 0 spiro atoms. The van der Waals surface area contributed by atoms with Gasteiger partial charge in [-0.1, -0.05) is 35.3 Å². The molecule has 34 heavy (non-hydrogen) atoms. The first-order chi connectivity index (χ1) is 16.3. The number of hydrogen-bond donors (Lipinski definition) is 1. The van der Waals surface area contributed by atoms with Crippen LogP contribution in [0.5, 0.6) is 17.2 Å². The zero-order chi connectivity index (χ0) is 24.4. The molecule has 0 bridgehead atoms. The molecule has 3 aromatic carbocycles. The maximum absolute atomic E-state index is 13.1. The highest BCUT2D eigenvalue weighted by molar-refractivity contribution is 6.42. The Balaban J connectivity index is 1.58. The zero-order valence-corrected chi connectivity index (χ0v) is 19.2. The van der Waals surface area contributed by atoms with Gasteiger partial charge in [0, 0.05) is 11.6 Å². The first kappa shape index (κ1) is 23.4. The summed E-state index contributed by atoms with van der Waals surface area (Å²) < 4.78 is 29.6.